The minimum Gasteiger partial charge on any atom is -0.482 e. The Labute approximate surface area is 195 Å². The van der Waals surface area contributed by atoms with Gasteiger partial charge in [-0.15, -0.1) is 0 Å². The lowest BCUT2D eigenvalue weighted by Gasteiger charge is -2.38. The van der Waals surface area contributed by atoms with Gasteiger partial charge >= 0.3 is 12.0 Å². The topological polar surface area (TPSA) is 78.9 Å². The number of urea groups is 1. The highest BCUT2D eigenvalue weighted by atomic mass is 35.5. The van der Waals surface area contributed by atoms with Crippen LogP contribution in [-0.4, -0.2) is 35.2 Å². The zero-order chi connectivity index (χ0) is 23.4. The van der Waals surface area contributed by atoms with Crippen molar-refractivity contribution in [2.45, 2.75) is 19.0 Å². The summed E-state index contributed by atoms with van der Waals surface area (Å²) in [5, 5.41) is 12.5. The van der Waals surface area contributed by atoms with Crippen LogP contribution in [0.2, 0.25) is 5.02 Å². The van der Waals surface area contributed by atoms with Gasteiger partial charge in [0.15, 0.2) is 6.61 Å². The Hall–Kier alpha value is -3.58. The molecule has 0 fully saturated rings. The van der Waals surface area contributed by atoms with Crippen LogP contribution in [0.5, 0.6) is 5.75 Å². The number of hydrogen-bond donors (Lipinski definition) is 2. The Morgan fingerprint density at radius 2 is 1.85 bits per heavy atom. The molecule has 2 N–H and O–H groups in total. The molecule has 2 amide bonds. The Morgan fingerprint density at radius 3 is 2.64 bits per heavy atom. The summed E-state index contributed by atoms with van der Waals surface area (Å²) in [5.41, 5.74) is 3.03. The van der Waals surface area contributed by atoms with E-state index in [1.165, 1.54) is 18.2 Å². The van der Waals surface area contributed by atoms with Gasteiger partial charge in [-0.3, -0.25) is 0 Å². The smallest absolute Gasteiger partial charge is 0.341 e. The average Bonchev–Trinajstić information content (AvgIpc) is 2.81. The number of carboxylic acids is 1. The molecule has 3 aromatic carbocycles. The van der Waals surface area contributed by atoms with Gasteiger partial charge < -0.3 is 20.1 Å². The van der Waals surface area contributed by atoms with E-state index in [-0.39, 0.29) is 18.3 Å². The number of hydrogen-bond acceptors (Lipinski definition) is 3. The molecule has 1 unspecified atom stereocenters. The maximum atomic E-state index is 14.3. The SMILES string of the molecule is O=C(O)COc1ccc(F)cc1C1c2ccccc2CCN1C(=O)NCc1ccccc1Cl. The fourth-order valence-electron chi connectivity index (χ4n) is 4.04. The van der Waals surface area contributed by atoms with Crippen molar-refractivity contribution in [3.63, 3.8) is 0 Å². The summed E-state index contributed by atoms with van der Waals surface area (Å²) in [5.74, 6) is -1.44. The molecule has 0 radical (unpaired) electrons. The van der Waals surface area contributed by atoms with E-state index in [9.17, 15) is 14.0 Å². The van der Waals surface area contributed by atoms with Crippen LogP contribution in [0.3, 0.4) is 0 Å². The fourth-order valence-corrected chi connectivity index (χ4v) is 4.24. The Morgan fingerprint density at radius 1 is 1.09 bits per heavy atom. The van der Waals surface area contributed by atoms with E-state index in [0.29, 0.717) is 23.6 Å². The van der Waals surface area contributed by atoms with Crippen molar-refractivity contribution in [1.82, 2.24) is 10.2 Å². The van der Waals surface area contributed by atoms with E-state index in [1.807, 2.05) is 42.5 Å². The molecular weight excluding hydrogens is 447 g/mol. The van der Waals surface area contributed by atoms with Gasteiger partial charge in [0.1, 0.15) is 11.6 Å². The molecule has 1 aliphatic rings. The Bertz CT molecular complexity index is 1190. The zero-order valence-corrected chi connectivity index (χ0v) is 18.4. The molecule has 8 heteroatoms. The molecule has 0 aromatic heterocycles. The lowest BCUT2D eigenvalue weighted by Crippen LogP contribution is -2.46. The standard InChI is InChI=1S/C25H22ClFN2O4/c26-21-8-4-2-6-17(21)14-28-25(32)29-12-11-16-5-1-3-7-19(16)24(29)20-13-18(27)9-10-22(20)33-15-23(30)31/h1-10,13,24H,11-12,14-15H2,(H,28,32)(H,30,31). The second kappa shape index (κ2) is 9.92. The molecule has 0 spiro atoms. The van der Waals surface area contributed by atoms with Crippen LogP contribution in [0.25, 0.3) is 0 Å². The Balaban J connectivity index is 1.69. The van der Waals surface area contributed by atoms with Gasteiger partial charge in [0.05, 0.1) is 6.04 Å². The van der Waals surface area contributed by atoms with Crippen LogP contribution < -0.4 is 10.1 Å². The van der Waals surface area contributed by atoms with E-state index in [2.05, 4.69) is 5.32 Å². The van der Waals surface area contributed by atoms with Gasteiger partial charge in [0, 0.05) is 23.7 Å². The van der Waals surface area contributed by atoms with Crippen LogP contribution in [-0.2, 0) is 17.8 Å². The van der Waals surface area contributed by atoms with Gasteiger partial charge in [-0.1, -0.05) is 54.1 Å². The molecule has 0 saturated carbocycles. The van der Waals surface area contributed by atoms with E-state index < -0.39 is 24.4 Å². The maximum Gasteiger partial charge on any atom is 0.341 e. The number of nitrogens with one attached hydrogen (secondary N) is 1. The molecule has 4 rings (SSSR count). The van der Waals surface area contributed by atoms with Gasteiger partial charge in [0.2, 0.25) is 0 Å². The summed E-state index contributed by atoms with van der Waals surface area (Å²) < 4.78 is 19.8. The van der Waals surface area contributed by atoms with Crippen LogP contribution >= 0.6 is 11.6 Å². The third-order valence-corrected chi connectivity index (χ3v) is 5.92. The van der Waals surface area contributed by atoms with Crippen molar-refractivity contribution in [3.05, 3.63) is 99.8 Å². The number of amides is 2. The molecule has 33 heavy (non-hydrogen) atoms. The summed E-state index contributed by atoms with van der Waals surface area (Å²) in [6.45, 7) is 0.0471. The number of rotatable bonds is 6. The summed E-state index contributed by atoms with van der Waals surface area (Å²) in [6, 6.07) is 17.8. The molecule has 0 saturated heterocycles. The predicted molar refractivity (Wildman–Crippen MR) is 122 cm³/mol. The van der Waals surface area contributed by atoms with Crippen molar-refractivity contribution in [2.24, 2.45) is 0 Å². The summed E-state index contributed by atoms with van der Waals surface area (Å²) in [4.78, 5) is 26.0. The van der Waals surface area contributed by atoms with Gasteiger partial charge in [-0.2, -0.15) is 0 Å². The third kappa shape index (κ3) is 5.09. The van der Waals surface area contributed by atoms with E-state index in [4.69, 9.17) is 21.4 Å². The number of ether oxygens (including phenoxy) is 1. The molecule has 0 bridgehead atoms. The number of carbonyl (C=O) groups excluding carboxylic acids is 1. The maximum absolute atomic E-state index is 14.3. The third-order valence-electron chi connectivity index (χ3n) is 5.55. The first-order valence-corrected chi connectivity index (χ1v) is 10.8. The molecule has 6 nitrogen and oxygen atoms in total. The number of carbonyl (C=O) groups is 2. The number of nitrogens with zero attached hydrogens (tertiary/aromatic N) is 1. The average molecular weight is 469 g/mol. The lowest BCUT2D eigenvalue weighted by molar-refractivity contribution is -0.139. The van der Waals surface area contributed by atoms with Crippen molar-refractivity contribution in [2.75, 3.05) is 13.2 Å². The molecule has 0 aliphatic carbocycles. The highest BCUT2D eigenvalue weighted by molar-refractivity contribution is 6.31. The first kappa shape index (κ1) is 22.6. The van der Waals surface area contributed by atoms with E-state index in [1.54, 1.807) is 11.0 Å². The summed E-state index contributed by atoms with van der Waals surface area (Å²) in [7, 11) is 0. The molecule has 1 atom stereocenters. The largest absolute Gasteiger partial charge is 0.482 e. The second-order valence-corrected chi connectivity index (χ2v) is 8.07. The van der Waals surface area contributed by atoms with Crippen molar-refractivity contribution >= 4 is 23.6 Å². The lowest BCUT2D eigenvalue weighted by atomic mass is 9.88. The number of halogens is 2. The highest BCUT2D eigenvalue weighted by Crippen LogP contribution is 2.39. The monoisotopic (exact) mass is 468 g/mol. The van der Waals surface area contributed by atoms with Crippen LogP contribution in [0.15, 0.2) is 66.7 Å². The minimum atomic E-state index is -1.15. The van der Waals surface area contributed by atoms with E-state index in [0.717, 1.165) is 16.7 Å². The summed E-state index contributed by atoms with van der Waals surface area (Å²) >= 11 is 6.21. The predicted octanol–water partition coefficient (Wildman–Crippen LogP) is 4.80. The Kier molecular flexibility index (Phi) is 6.79. The molecule has 1 aliphatic heterocycles. The van der Waals surface area contributed by atoms with Crippen LogP contribution in [0.4, 0.5) is 9.18 Å². The van der Waals surface area contributed by atoms with Gasteiger partial charge in [-0.05, 0) is 47.4 Å². The van der Waals surface area contributed by atoms with Gasteiger partial charge in [0.25, 0.3) is 0 Å². The first-order chi connectivity index (χ1) is 15.9. The quantitative estimate of drug-likeness (QED) is 0.544. The van der Waals surface area contributed by atoms with Crippen LogP contribution in [0, 0.1) is 5.82 Å². The second-order valence-electron chi connectivity index (χ2n) is 7.66. The highest BCUT2D eigenvalue weighted by Gasteiger charge is 2.34. The van der Waals surface area contributed by atoms with Crippen molar-refractivity contribution in [3.8, 4) is 5.75 Å². The normalized spacial score (nSPS) is 15.0. The number of benzene rings is 3. The molecule has 3 aromatic rings. The number of carboxylic acid groups (broad SMARTS) is 1. The molecule has 1 heterocycles. The first-order valence-electron chi connectivity index (χ1n) is 10.4. The summed E-state index contributed by atoms with van der Waals surface area (Å²) in [6.07, 6.45) is 0.632. The minimum absolute atomic E-state index is 0.212. The van der Waals surface area contributed by atoms with Gasteiger partial charge in [-0.25, -0.2) is 14.0 Å². The fraction of sp³-hybridized carbons (Fsp3) is 0.200. The molecule has 170 valence electrons. The zero-order valence-electron chi connectivity index (χ0n) is 17.6. The number of fused-ring (bicyclic) bond motifs is 1. The molecular formula is C25H22ClFN2O4. The van der Waals surface area contributed by atoms with Crippen molar-refractivity contribution < 1.29 is 23.8 Å². The van der Waals surface area contributed by atoms with Crippen molar-refractivity contribution in [1.29, 1.82) is 0 Å². The van der Waals surface area contributed by atoms with Crippen LogP contribution in [0.1, 0.15) is 28.3 Å². The number of aliphatic carboxylic acids is 1. The van der Waals surface area contributed by atoms with E-state index >= 15 is 0 Å².